The molecule has 0 atom stereocenters. The fourth-order valence-electron chi connectivity index (χ4n) is 2.13. The van der Waals surface area contributed by atoms with Crippen molar-refractivity contribution in [1.29, 1.82) is 0 Å². The van der Waals surface area contributed by atoms with Gasteiger partial charge in [-0.3, -0.25) is 9.48 Å². The normalized spacial score (nSPS) is 10.6. The summed E-state index contributed by atoms with van der Waals surface area (Å²) in [5.74, 6) is 0.269. The summed E-state index contributed by atoms with van der Waals surface area (Å²) in [5.41, 5.74) is 1.46. The minimum atomic E-state index is -0.211. The number of benzene rings is 2. The molecule has 1 amide bonds. The van der Waals surface area contributed by atoms with E-state index >= 15 is 0 Å². The molecule has 0 bridgehead atoms. The summed E-state index contributed by atoms with van der Waals surface area (Å²) in [6, 6.07) is 14.2. The molecule has 3 rings (SSSR count). The van der Waals surface area contributed by atoms with Gasteiger partial charge in [0.2, 0.25) is 0 Å². The standard InChI is InChI=1S/C17H12BrCl2N3O/c18-13-4-1-11(2-5-13)17(24)21-16-7-8-23(22-16)10-12-3-6-14(19)9-15(12)20/h1-9H,10H2,(H,21,22,24). The number of hydrogen-bond donors (Lipinski definition) is 1. The van der Waals surface area contributed by atoms with Crippen LogP contribution in [0.1, 0.15) is 15.9 Å². The third kappa shape index (κ3) is 4.17. The number of carbonyl (C=O) groups is 1. The fourth-order valence-corrected chi connectivity index (χ4v) is 2.86. The molecule has 4 nitrogen and oxygen atoms in total. The number of anilines is 1. The SMILES string of the molecule is O=C(Nc1ccn(Cc2ccc(Cl)cc2Cl)n1)c1ccc(Br)cc1. The minimum Gasteiger partial charge on any atom is -0.305 e. The van der Waals surface area contributed by atoms with Gasteiger partial charge in [-0.15, -0.1) is 0 Å². The predicted molar refractivity (Wildman–Crippen MR) is 99.9 cm³/mol. The monoisotopic (exact) mass is 423 g/mol. The van der Waals surface area contributed by atoms with E-state index in [1.807, 2.05) is 18.2 Å². The summed E-state index contributed by atoms with van der Waals surface area (Å²) in [4.78, 5) is 12.2. The van der Waals surface area contributed by atoms with Crippen LogP contribution in [0.15, 0.2) is 59.2 Å². The van der Waals surface area contributed by atoms with E-state index in [4.69, 9.17) is 23.2 Å². The number of aromatic nitrogens is 2. The maximum atomic E-state index is 12.2. The van der Waals surface area contributed by atoms with Gasteiger partial charge >= 0.3 is 0 Å². The summed E-state index contributed by atoms with van der Waals surface area (Å²) in [6.45, 7) is 0.490. The van der Waals surface area contributed by atoms with Crippen LogP contribution in [0, 0.1) is 0 Å². The molecule has 1 aromatic heterocycles. The van der Waals surface area contributed by atoms with Crippen molar-refractivity contribution in [3.63, 3.8) is 0 Å². The zero-order valence-corrected chi connectivity index (χ0v) is 15.4. The van der Waals surface area contributed by atoms with Crippen LogP contribution in [-0.2, 0) is 6.54 Å². The highest BCUT2D eigenvalue weighted by atomic mass is 79.9. The Bertz CT molecular complexity index is 878. The van der Waals surface area contributed by atoms with Gasteiger partial charge in [-0.05, 0) is 42.0 Å². The van der Waals surface area contributed by atoms with Gasteiger partial charge in [0, 0.05) is 32.3 Å². The van der Waals surface area contributed by atoms with Gasteiger partial charge in [0.15, 0.2) is 5.82 Å². The number of rotatable bonds is 4. The lowest BCUT2D eigenvalue weighted by atomic mass is 10.2. The molecular weight excluding hydrogens is 413 g/mol. The van der Waals surface area contributed by atoms with E-state index < -0.39 is 0 Å². The highest BCUT2D eigenvalue weighted by molar-refractivity contribution is 9.10. The second-order valence-corrected chi connectivity index (χ2v) is 6.85. The van der Waals surface area contributed by atoms with E-state index in [0.29, 0.717) is 28.0 Å². The van der Waals surface area contributed by atoms with Gasteiger partial charge in [-0.1, -0.05) is 45.2 Å². The van der Waals surface area contributed by atoms with E-state index in [2.05, 4.69) is 26.3 Å². The van der Waals surface area contributed by atoms with Crippen LogP contribution >= 0.6 is 39.1 Å². The number of carbonyl (C=O) groups excluding carboxylic acids is 1. The van der Waals surface area contributed by atoms with Gasteiger partial charge < -0.3 is 5.32 Å². The molecule has 0 aliphatic carbocycles. The molecule has 0 radical (unpaired) electrons. The van der Waals surface area contributed by atoms with Crippen LogP contribution in [0.4, 0.5) is 5.82 Å². The molecule has 7 heteroatoms. The Morgan fingerprint density at radius 2 is 1.88 bits per heavy atom. The summed E-state index contributed by atoms with van der Waals surface area (Å²) in [6.07, 6.45) is 1.78. The van der Waals surface area contributed by atoms with Crippen molar-refractivity contribution in [3.8, 4) is 0 Å². The topological polar surface area (TPSA) is 46.9 Å². The summed E-state index contributed by atoms with van der Waals surface area (Å²) in [5, 5.41) is 8.27. The molecule has 0 saturated heterocycles. The van der Waals surface area contributed by atoms with Gasteiger partial charge in [-0.25, -0.2) is 0 Å². The molecule has 24 heavy (non-hydrogen) atoms. The van der Waals surface area contributed by atoms with Crippen molar-refractivity contribution < 1.29 is 4.79 Å². The third-order valence-electron chi connectivity index (χ3n) is 3.34. The van der Waals surface area contributed by atoms with Crippen molar-refractivity contribution in [1.82, 2.24) is 9.78 Å². The number of halogens is 3. The Morgan fingerprint density at radius 3 is 2.58 bits per heavy atom. The fraction of sp³-hybridized carbons (Fsp3) is 0.0588. The molecule has 0 aliphatic rings. The Kier molecular flexibility index (Phi) is 5.23. The number of hydrogen-bond acceptors (Lipinski definition) is 2. The molecule has 0 spiro atoms. The molecule has 0 saturated carbocycles. The van der Waals surface area contributed by atoms with E-state index in [1.54, 1.807) is 41.2 Å². The van der Waals surface area contributed by atoms with Gasteiger partial charge in [0.25, 0.3) is 5.91 Å². The van der Waals surface area contributed by atoms with Gasteiger partial charge in [0.05, 0.1) is 6.54 Å². The van der Waals surface area contributed by atoms with Crippen LogP contribution in [0.5, 0.6) is 0 Å². The average molecular weight is 425 g/mol. The summed E-state index contributed by atoms with van der Waals surface area (Å²) < 4.78 is 2.62. The van der Waals surface area contributed by atoms with Crippen molar-refractivity contribution in [2.24, 2.45) is 0 Å². The summed E-state index contributed by atoms with van der Waals surface area (Å²) in [7, 11) is 0. The van der Waals surface area contributed by atoms with Crippen LogP contribution in [0.25, 0.3) is 0 Å². The van der Waals surface area contributed by atoms with E-state index in [9.17, 15) is 4.79 Å². The lowest BCUT2D eigenvalue weighted by molar-refractivity contribution is 0.102. The number of nitrogens with one attached hydrogen (secondary N) is 1. The van der Waals surface area contributed by atoms with Crippen molar-refractivity contribution in [2.75, 3.05) is 5.32 Å². The quantitative estimate of drug-likeness (QED) is 0.621. The van der Waals surface area contributed by atoms with Crippen LogP contribution < -0.4 is 5.32 Å². The smallest absolute Gasteiger partial charge is 0.256 e. The molecule has 0 unspecified atom stereocenters. The number of nitrogens with zero attached hydrogens (tertiary/aromatic N) is 2. The zero-order chi connectivity index (χ0) is 17.1. The zero-order valence-electron chi connectivity index (χ0n) is 12.3. The van der Waals surface area contributed by atoms with E-state index in [0.717, 1.165) is 10.0 Å². The highest BCUT2D eigenvalue weighted by Gasteiger charge is 2.09. The van der Waals surface area contributed by atoms with Crippen molar-refractivity contribution >= 4 is 50.9 Å². The Labute approximate surface area is 157 Å². The average Bonchev–Trinajstić information content (AvgIpc) is 2.98. The molecule has 122 valence electrons. The second kappa shape index (κ2) is 7.38. The Morgan fingerprint density at radius 1 is 1.12 bits per heavy atom. The highest BCUT2D eigenvalue weighted by Crippen LogP contribution is 2.22. The maximum absolute atomic E-state index is 12.2. The first-order valence-corrected chi connectivity index (χ1v) is 8.60. The maximum Gasteiger partial charge on any atom is 0.256 e. The van der Waals surface area contributed by atoms with Crippen LogP contribution in [0.3, 0.4) is 0 Å². The van der Waals surface area contributed by atoms with E-state index in [-0.39, 0.29) is 5.91 Å². The first-order chi connectivity index (χ1) is 11.5. The predicted octanol–water partition coefficient (Wildman–Crippen LogP) is 5.25. The number of amides is 1. The Hall–Kier alpha value is -1.82. The molecule has 0 aliphatic heterocycles. The van der Waals surface area contributed by atoms with Crippen molar-refractivity contribution in [3.05, 3.63) is 80.4 Å². The largest absolute Gasteiger partial charge is 0.305 e. The molecular formula is C17H12BrCl2N3O. The Balaban J connectivity index is 1.69. The molecule has 1 heterocycles. The van der Waals surface area contributed by atoms with Gasteiger partial charge in [-0.2, -0.15) is 5.10 Å². The molecule has 2 aromatic carbocycles. The molecule has 1 N–H and O–H groups in total. The lowest BCUT2D eigenvalue weighted by Crippen LogP contribution is -2.12. The molecule has 0 fully saturated rings. The van der Waals surface area contributed by atoms with Gasteiger partial charge in [0.1, 0.15) is 0 Å². The summed E-state index contributed by atoms with van der Waals surface area (Å²) >= 11 is 15.4. The van der Waals surface area contributed by atoms with Crippen LogP contribution in [-0.4, -0.2) is 15.7 Å². The van der Waals surface area contributed by atoms with Crippen LogP contribution in [0.2, 0.25) is 10.0 Å². The second-order valence-electron chi connectivity index (χ2n) is 5.10. The third-order valence-corrected chi connectivity index (χ3v) is 4.45. The first kappa shape index (κ1) is 17.0. The first-order valence-electron chi connectivity index (χ1n) is 7.05. The van der Waals surface area contributed by atoms with Crippen molar-refractivity contribution in [2.45, 2.75) is 6.54 Å². The molecule has 3 aromatic rings. The minimum absolute atomic E-state index is 0.211. The lowest BCUT2D eigenvalue weighted by Gasteiger charge is -2.05. The van der Waals surface area contributed by atoms with E-state index in [1.165, 1.54) is 0 Å².